The molecular formula is C19H29N3O4S. The Kier molecular flexibility index (Phi) is 7.65. The van der Waals surface area contributed by atoms with Crippen LogP contribution < -0.4 is 10.6 Å². The van der Waals surface area contributed by atoms with Gasteiger partial charge < -0.3 is 20.3 Å². The number of carbonyl (C=O) groups is 3. The molecule has 1 aliphatic rings. The number of piperidine rings is 1. The molecule has 3 amide bonds. The summed E-state index contributed by atoms with van der Waals surface area (Å²) in [4.78, 5) is 38.4. The highest BCUT2D eigenvalue weighted by Crippen LogP contribution is 2.20. The summed E-state index contributed by atoms with van der Waals surface area (Å²) in [6.07, 6.45) is 1.47. The summed E-state index contributed by atoms with van der Waals surface area (Å²) < 4.78 is 5.12. The number of nitrogens with zero attached hydrogens (tertiary/aromatic N) is 1. The molecule has 0 aliphatic carbocycles. The van der Waals surface area contributed by atoms with E-state index < -0.39 is 11.7 Å². The van der Waals surface area contributed by atoms with Crippen molar-refractivity contribution in [3.05, 3.63) is 22.4 Å². The predicted molar refractivity (Wildman–Crippen MR) is 105 cm³/mol. The molecule has 1 fully saturated rings. The van der Waals surface area contributed by atoms with Gasteiger partial charge in [0.25, 0.3) is 5.91 Å². The topological polar surface area (TPSA) is 87.7 Å². The van der Waals surface area contributed by atoms with Crippen molar-refractivity contribution < 1.29 is 19.1 Å². The monoisotopic (exact) mass is 395 g/mol. The van der Waals surface area contributed by atoms with Crippen molar-refractivity contribution >= 4 is 29.2 Å². The number of amides is 3. The smallest absolute Gasteiger partial charge is 0.407 e. The fourth-order valence-electron chi connectivity index (χ4n) is 2.84. The second-order valence-electron chi connectivity index (χ2n) is 7.70. The van der Waals surface area contributed by atoms with E-state index in [-0.39, 0.29) is 24.8 Å². The van der Waals surface area contributed by atoms with E-state index in [0.717, 1.165) is 30.8 Å². The summed E-state index contributed by atoms with van der Waals surface area (Å²) in [5, 5.41) is 7.40. The number of hydrogen-bond donors (Lipinski definition) is 2. The zero-order chi connectivity index (χ0) is 19.9. The molecule has 0 radical (unpaired) electrons. The Balaban J connectivity index is 1.59. The van der Waals surface area contributed by atoms with Gasteiger partial charge in [0.15, 0.2) is 0 Å². The van der Waals surface area contributed by atoms with Crippen LogP contribution in [0.25, 0.3) is 0 Å². The molecule has 150 valence electrons. The third-order valence-electron chi connectivity index (χ3n) is 4.24. The van der Waals surface area contributed by atoms with Crippen molar-refractivity contribution in [2.75, 3.05) is 26.2 Å². The van der Waals surface area contributed by atoms with E-state index in [1.807, 2.05) is 22.4 Å². The van der Waals surface area contributed by atoms with Crippen LogP contribution in [0.15, 0.2) is 17.5 Å². The lowest BCUT2D eigenvalue weighted by Crippen LogP contribution is -2.41. The molecule has 1 aromatic rings. The van der Waals surface area contributed by atoms with Gasteiger partial charge in [0.05, 0.1) is 4.88 Å². The number of ether oxygens (including phenoxy) is 1. The largest absolute Gasteiger partial charge is 0.444 e. The van der Waals surface area contributed by atoms with Gasteiger partial charge in [0.1, 0.15) is 5.60 Å². The first-order valence-corrected chi connectivity index (χ1v) is 10.2. The normalized spacial score (nSPS) is 15.3. The van der Waals surface area contributed by atoms with Crippen LogP contribution in [-0.2, 0) is 9.53 Å². The average Bonchev–Trinajstić information content (AvgIpc) is 3.13. The number of carbonyl (C=O) groups excluding carboxylic acids is 3. The van der Waals surface area contributed by atoms with E-state index in [9.17, 15) is 14.4 Å². The lowest BCUT2D eigenvalue weighted by molar-refractivity contribution is -0.121. The van der Waals surface area contributed by atoms with Crippen LogP contribution in [0.2, 0.25) is 0 Å². The minimum atomic E-state index is -0.550. The molecule has 2 heterocycles. The van der Waals surface area contributed by atoms with Gasteiger partial charge in [0, 0.05) is 32.6 Å². The van der Waals surface area contributed by atoms with E-state index in [4.69, 9.17) is 4.74 Å². The Morgan fingerprint density at radius 3 is 2.52 bits per heavy atom. The zero-order valence-corrected chi connectivity index (χ0v) is 17.1. The second kappa shape index (κ2) is 9.73. The van der Waals surface area contributed by atoms with E-state index in [0.29, 0.717) is 12.5 Å². The van der Waals surface area contributed by atoms with Gasteiger partial charge in [-0.05, 0) is 51.0 Å². The zero-order valence-electron chi connectivity index (χ0n) is 16.2. The number of thiophene rings is 1. The minimum absolute atomic E-state index is 0.0943. The van der Waals surface area contributed by atoms with Crippen LogP contribution in [-0.4, -0.2) is 54.6 Å². The summed E-state index contributed by atoms with van der Waals surface area (Å²) in [6, 6.07) is 3.74. The minimum Gasteiger partial charge on any atom is -0.444 e. The maximum absolute atomic E-state index is 12.3. The fourth-order valence-corrected chi connectivity index (χ4v) is 3.53. The molecule has 0 spiro atoms. The van der Waals surface area contributed by atoms with Gasteiger partial charge in [0.2, 0.25) is 5.91 Å². The molecule has 27 heavy (non-hydrogen) atoms. The average molecular weight is 396 g/mol. The molecule has 2 rings (SSSR count). The highest BCUT2D eigenvalue weighted by atomic mass is 32.1. The number of likely N-dealkylation sites (tertiary alicyclic amines) is 1. The van der Waals surface area contributed by atoms with Crippen molar-refractivity contribution in [1.29, 1.82) is 0 Å². The molecule has 2 N–H and O–H groups in total. The highest BCUT2D eigenvalue weighted by molar-refractivity contribution is 7.12. The molecule has 1 aromatic heterocycles. The summed E-state index contributed by atoms with van der Waals surface area (Å²) >= 11 is 1.46. The Morgan fingerprint density at radius 2 is 1.93 bits per heavy atom. The number of rotatable bonds is 6. The molecule has 0 unspecified atom stereocenters. The van der Waals surface area contributed by atoms with Gasteiger partial charge in [-0.3, -0.25) is 9.59 Å². The quantitative estimate of drug-likeness (QED) is 0.775. The Morgan fingerprint density at radius 1 is 1.22 bits per heavy atom. The Bertz CT molecular complexity index is 632. The lowest BCUT2D eigenvalue weighted by atomic mass is 9.96. The van der Waals surface area contributed by atoms with Gasteiger partial charge >= 0.3 is 6.09 Å². The summed E-state index contributed by atoms with van der Waals surface area (Å²) in [5.41, 5.74) is -0.550. The molecule has 0 saturated carbocycles. The fraction of sp³-hybridized carbons (Fsp3) is 0.632. The summed E-state index contributed by atoms with van der Waals surface area (Å²) in [6.45, 7) is 7.66. The molecule has 1 aliphatic heterocycles. The molecule has 0 bridgehead atoms. The first-order valence-electron chi connectivity index (χ1n) is 9.31. The van der Waals surface area contributed by atoms with Crippen molar-refractivity contribution in [2.24, 2.45) is 5.92 Å². The summed E-state index contributed by atoms with van der Waals surface area (Å²) in [7, 11) is 0. The van der Waals surface area contributed by atoms with Gasteiger partial charge in [-0.15, -0.1) is 11.3 Å². The number of nitrogens with one attached hydrogen (secondary N) is 2. The SMILES string of the molecule is CC(C)(C)OC(=O)NCCC(=O)NCC1CCN(C(=O)c2cccs2)CC1. The van der Waals surface area contributed by atoms with Crippen LogP contribution in [0, 0.1) is 5.92 Å². The highest BCUT2D eigenvalue weighted by Gasteiger charge is 2.24. The van der Waals surface area contributed by atoms with Crippen molar-refractivity contribution in [3.63, 3.8) is 0 Å². The first-order chi connectivity index (χ1) is 12.7. The van der Waals surface area contributed by atoms with Crippen LogP contribution in [0.3, 0.4) is 0 Å². The van der Waals surface area contributed by atoms with E-state index in [1.54, 1.807) is 20.8 Å². The van der Waals surface area contributed by atoms with E-state index in [1.165, 1.54) is 11.3 Å². The maximum Gasteiger partial charge on any atom is 0.407 e. The van der Waals surface area contributed by atoms with E-state index >= 15 is 0 Å². The maximum atomic E-state index is 12.3. The third-order valence-corrected chi connectivity index (χ3v) is 5.10. The van der Waals surface area contributed by atoms with Crippen LogP contribution >= 0.6 is 11.3 Å². The number of alkyl carbamates (subject to hydrolysis) is 1. The first kappa shape index (κ1) is 21.2. The Labute approximate surface area is 164 Å². The van der Waals surface area contributed by atoms with Gasteiger partial charge in [-0.1, -0.05) is 6.07 Å². The van der Waals surface area contributed by atoms with Crippen LogP contribution in [0.4, 0.5) is 4.79 Å². The van der Waals surface area contributed by atoms with Gasteiger partial charge in [-0.2, -0.15) is 0 Å². The molecular weight excluding hydrogens is 366 g/mol. The van der Waals surface area contributed by atoms with Crippen molar-refractivity contribution in [1.82, 2.24) is 15.5 Å². The van der Waals surface area contributed by atoms with Gasteiger partial charge in [-0.25, -0.2) is 4.79 Å². The molecule has 7 nitrogen and oxygen atoms in total. The molecule has 8 heteroatoms. The molecule has 1 saturated heterocycles. The van der Waals surface area contributed by atoms with Crippen LogP contribution in [0.1, 0.15) is 49.7 Å². The molecule has 0 atom stereocenters. The van der Waals surface area contributed by atoms with Crippen molar-refractivity contribution in [3.8, 4) is 0 Å². The second-order valence-corrected chi connectivity index (χ2v) is 8.64. The predicted octanol–water partition coefficient (Wildman–Crippen LogP) is 2.63. The standard InChI is InChI=1S/C19H29N3O4S/c1-19(2,3)26-18(25)20-9-6-16(23)21-13-14-7-10-22(11-8-14)17(24)15-5-4-12-27-15/h4-5,12,14H,6-11,13H2,1-3H3,(H,20,25)(H,21,23). The number of hydrogen-bond acceptors (Lipinski definition) is 5. The van der Waals surface area contributed by atoms with Crippen molar-refractivity contribution in [2.45, 2.75) is 45.6 Å². The lowest BCUT2D eigenvalue weighted by Gasteiger charge is -2.31. The molecule has 0 aromatic carbocycles. The van der Waals surface area contributed by atoms with E-state index in [2.05, 4.69) is 10.6 Å². The Hall–Kier alpha value is -2.09. The third kappa shape index (κ3) is 7.58. The van der Waals surface area contributed by atoms with Crippen LogP contribution in [0.5, 0.6) is 0 Å². The summed E-state index contributed by atoms with van der Waals surface area (Å²) in [5.74, 6) is 0.379.